The van der Waals surface area contributed by atoms with Gasteiger partial charge in [-0.25, -0.2) is 0 Å². The van der Waals surface area contributed by atoms with Crippen molar-refractivity contribution in [2.45, 2.75) is 19.0 Å². The molecule has 2 aromatic rings. The Morgan fingerprint density at radius 3 is 2.48 bits per heavy atom. The molecule has 1 atom stereocenters. The Labute approximate surface area is 215 Å². The highest BCUT2D eigenvalue weighted by atomic mass is 127. The van der Waals surface area contributed by atoms with Crippen molar-refractivity contribution in [3.05, 3.63) is 59.7 Å². The Kier molecular flexibility index (Phi) is 11.8. The van der Waals surface area contributed by atoms with Gasteiger partial charge in [0, 0.05) is 52.4 Å². The van der Waals surface area contributed by atoms with Gasteiger partial charge in [-0.15, -0.1) is 24.0 Å². The summed E-state index contributed by atoms with van der Waals surface area (Å²) >= 11 is 0. The number of rotatable bonds is 9. The molecule has 0 aromatic heterocycles. The second-order valence-electron chi connectivity index (χ2n) is 8.12. The lowest BCUT2D eigenvalue weighted by atomic mass is 10.0. The average molecular weight is 568 g/mol. The molecule has 1 saturated heterocycles. The molecule has 0 saturated carbocycles. The van der Waals surface area contributed by atoms with Crippen molar-refractivity contribution in [1.29, 1.82) is 0 Å². The lowest BCUT2D eigenvalue weighted by molar-refractivity contribution is 0.0891. The van der Waals surface area contributed by atoms with E-state index in [9.17, 15) is 0 Å². The lowest BCUT2D eigenvalue weighted by Gasteiger charge is -2.40. The number of piperazine rings is 1. The monoisotopic (exact) mass is 567 g/mol. The Morgan fingerprint density at radius 2 is 1.79 bits per heavy atom. The van der Waals surface area contributed by atoms with Crippen LogP contribution in [0.4, 0.5) is 0 Å². The fraction of sp³-hybridized carbons (Fsp3) is 0.480. The first-order valence-electron chi connectivity index (χ1n) is 11.3. The number of guanidine groups is 1. The summed E-state index contributed by atoms with van der Waals surface area (Å²) < 4.78 is 10.7. The van der Waals surface area contributed by atoms with Crippen molar-refractivity contribution in [2.24, 2.45) is 4.99 Å². The van der Waals surface area contributed by atoms with E-state index in [1.54, 1.807) is 21.3 Å². The van der Waals surface area contributed by atoms with Crippen LogP contribution in [0.15, 0.2) is 53.5 Å². The van der Waals surface area contributed by atoms with E-state index in [1.807, 2.05) is 18.2 Å². The van der Waals surface area contributed by atoms with Gasteiger partial charge in [0.25, 0.3) is 0 Å². The molecule has 0 amide bonds. The topological polar surface area (TPSA) is 61.4 Å². The standard InChI is InChI=1S/C25H37N5O2.HI/c1-26-25(28-18-20-11-12-23(31-3)24(17-20)32-4)27-13-8-14-30-16-15-29(2)19-22(30)21-9-6-5-7-10-21;/h5-7,9-12,17,22H,8,13-16,18-19H2,1-4H3,(H2,26,27,28);1H. The molecule has 1 aliphatic heterocycles. The smallest absolute Gasteiger partial charge is 0.191 e. The minimum absolute atomic E-state index is 0. The van der Waals surface area contributed by atoms with Crippen molar-refractivity contribution < 1.29 is 9.47 Å². The van der Waals surface area contributed by atoms with E-state index in [1.165, 1.54) is 5.56 Å². The van der Waals surface area contributed by atoms with Crippen LogP contribution in [-0.4, -0.2) is 76.8 Å². The predicted octanol–water partition coefficient (Wildman–Crippen LogP) is 3.37. The van der Waals surface area contributed by atoms with Crippen molar-refractivity contribution in [3.63, 3.8) is 0 Å². The average Bonchev–Trinajstić information content (AvgIpc) is 2.84. The highest BCUT2D eigenvalue weighted by Gasteiger charge is 2.25. The molecule has 1 aliphatic rings. The number of benzene rings is 2. The number of aliphatic imine (C=N–C) groups is 1. The number of likely N-dealkylation sites (N-methyl/N-ethyl adjacent to an activating group) is 1. The van der Waals surface area contributed by atoms with Crippen molar-refractivity contribution in [3.8, 4) is 11.5 Å². The van der Waals surface area contributed by atoms with Gasteiger partial charge in [0.15, 0.2) is 17.5 Å². The molecule has 1 heterocycles. The number of nitrogens with zero attached hydrogens (tertiary/aromatic N) is 3. The summed E-state index contributed by atoms with van der Waals surface area (Å²) in [5.41, 5.74) is 2.51. The molecule has 33 heavy (non-hydrogen) atoms. The molecule has 1 fully saturated rings. The summed E-state index contributed by atoms with van der Waals surface area (Å²) in [5.74, 6) is 2.27. The molecule has 0 bridgehead atoms. The Balaban J connectivity index is 0.00000385. The number of methoxy groups -OCH3 is 2. The fourth-order valence-corrected chi connectivity index (χ4v) is 4.10. The first-order valence-corrected chi connectivity index (χ1v) is 11.3. The molecule has 0 radical (unpaired) electrons. The minimum atomic E-state index is 0. The van der Waals surface area contributed by atoms with Gasteiger partial charge >= 0.3 is 0 Å². The molecular formula is C25H38IN5O2. The maximum atomic E-state index is 5.39. The van der Waals surface area contributed by atoms with E-state index in [0.29, 0.717) is 12.6 Å². The maximum Gasteiger partial charge on any atom is 0.191 e. The predicted molar refractivity (Wildman–Crippen MR) is 146 cm³/mol. The molecule has 2 aromatic carbocycles. The minimum Gasteiger partial charge on any atom is -0.493 e. The summed E-state index contributed by atoms with van der Waals surface area (Å²) in [6, 6.07) is 17.2. The lowest BCUT2D eigenvalue weighted by Crippen LogP contribution is -2.47. The first kappa shape index (κ1) is 27.2. The number of hydrogen-bond donors (Lipinski definition) is 2. The molecule has 2 N–H and O–H groups in total. The van der Waals surface area contributed by atoms with Crippen molar-refractivity contribution in [1.82, 2.24) is 20.4 Å². The van der Waals surface area contributed by atoms with Crippen LogP contribution in [0, 0.1) is 0 Å². The largest absolute Gasteiger partial charge is 0.493 e. The van der Waals surface area contributed by atoms with E-state index in [0.717, 1.165) is 62.2 Å². The number of hydrogen-bond acceptors (Lipinski definition) is 5. The molecule has 8 heteroatoms. The third-order valence-corrected chi connectivity index (χ3v) is 5.92. The summed E-state index contributed by atoms with van der Waals surface area (Å²) in [6.45, 7) is 5.89. The normalized spacial score (nSPS) is 17.2. The van der Waals surface area contributed by atoms with Crippen LogP contribution >= 0.6 is 24.0 Å². The molecule has 0 aliphatic carbocycles. The van der Waals surface area contributed by atoms with Crippen LogP contribution in [0.3, 0.4) is 0 Å². The first-order chi connectivity index (χ1) is 15.6. The number of nitrogens with one attached hydrogen (secondary N) is 2. The van der Waals surface area contributed by atoms with Crippen LogP contribution in [0.25, 0.3) is 0 Å². The van der Waals surface area contributed by atoms with Crippen LogP contribution in [0.2, 0.25) is 0 Å². The van der Waals surface area contributed by atoms with Gasteiger partial charge in [-0.2, -0.15) is 0 Å². The summed E-state index contributed by atoms with van der Waals surface area (Å²) in [4.78, 5) is 9.39. The van der Waals surface area contributed by atoms with Crippen LogP contribution in [-0.2, 0) is 6.54 Å². The molecule has 182 valence electrons. The van der Waals surface area contributed by atoms with E-state index >= 15 is 0 Å². The second-order valence-corrected chi connectivity index (χ2v) is 8.12. The maximum absolute atomic E-state index is 5.39. The fourth-order valence-electron chi connectivity index (χ4n) is 4.10. The Hall–Kier alpha value is -2.04. The molecular weight excluding hydrogens is 529 g/mol. The van der Waals surface area contributed by atoms with Crippen molar-refractivity contribution >= 4 is 29.9 Å². The van der Waals surface area contributed by atoms with Crippen molar-refractivity contribution in [2.75, 3.05) is 61.0 Å². The zero-order valence-electron chi connectivity index (χ0n) is 20.2. The van der Waals surface area contributed by atoms with Crippen LogP contribution in [0.5, 0.6) is 11.5 Å². The van der Waals surface area contributed by atoms with Gasteiger partial charge < -0.3 is 25.0 Å². The van der Waals surface area contributed by atoms with Crippen LogP contribution in [0.1, 0.15) is 23.6 Å². The van der Waals surface area contributed by atoms with E-state index in [2.05, 4.69) is 62.8 Å². The number of ether oxygens (including phenoxy) is 2. The van der Waals surface area contributed by atoms with Gasteiger partial charge in [0.2, 0.25) is 0 Å². The van der Waals surface area contributed by atoms with Gasteiger partial charge in [0.05, 0.1) is 14.2 Å². The van der Waals surface area contributed by atoms with Crippen LogP contribution < -0.4 is 20.1 Å². The third-order valence-electron chi connectivity index (χ3n) is 5.92. The Bertz CT molecular complexity index is 865. The Morgan fingerprint density at radius 1 is 1.03 bits per heavy atom. The highest BCUT2D eigenvalue weighted by molar-refractivity contribution is 14.0. The summed E-state index contributed by atoms with van der Waals surface area (Å²) in [7, 11) is 7.31. The van der Waals surface area contributed by atoms with Gasteiger partial charge in [-0.05, 0) is 36.7 Å². The number of halogens is 1. The quantitative estimate of drug-likeness (QED) is 0.210. The van der Waals surface area contributed by atoms with Gasteiger partial charge in [-0.1, -0.05) is 36.4 Å². The molecule has 1 unspecified atom stereocenters. The molecule has 7 nitrogen and oxygen atoms in total. The molecule has 3 rings (SSSR count). The summed E-state index contributed by atoms with van der Waals surface area (Å²) in [5, 5.41) is 6.82. The molecule has 0 spiro atoms. The zero-order chi connectivity index (χ0) is 22.8. The zero-order valence-corrected chi connectivity index (χ0v) is 22.5. The van der Waals surface area contributed by atoms with Gasteiger partial charge in [-0.3, -0.25) is 9.89 Å². The highest BCUT2D eigenvalue weighted by Crippen LogP contribution is 2.27. The van der Waals surface area contributed by atoms with E-state index in [4.69, 9.17) is 9.47 Å². The van der Waals surface area contributed by atoms with E-state index < -0.39 is 0 Å². The SMILES string of the molecule is CN=C(NCCCN1CCN(C)CC1c1ccccc1)NCc1ccc(OC)c(OC)c1.I. The van der Waals surface area contributed by atoms with E-state index in [-0.39, 0.29) is 24.0 Å². The van der Waals surface area contributed by atoms with Gasteiger partial charge in [0.1, 0.15) is 0 Å². The second kappa shape index (κ2) is 14.3. The summed E-state index contributed by atoms with van der Waals surface area (Å²) in [6.07, 6.45) is 1.06. The third kappa shape index (κ3) is 8.04.